The number of Topliss-reactive ketones (excluding diaryl/α,β-unsaturated/α-hetero) is 1. The van der Waals surface area contributed by atoms with E-state index in [1.54, 1.807) is 18.2 Å². The Balaban J connectivity index is 1.40. The van der Waals surface area contributed by atoms with Gasteiger partial charge in [0.2, 0.25) is 5.78 Å². The number of aryl methyl sites for hydroxylation is 1. The van der Waals surface area contributed by atoms with E-state index in [-0.39, 0.29) is 5.78 Å². The zero-order valence-corrected chi connectivity index (χ0v) is 17.7. The van der Waals surface area contributed by atoms with Gasteiger partial charge in [-0.2, -0.15) is 0 Å². The first-order chi connectivity index (χ1) is 15.1. The molecule has 0 N–H and O–H groups in total. The number of ether oxygens (including phenoxy) is 2. The summed E-state index contributed by atoms with van der Waals surface area (Å²) in [5, 5.41) is 1.76. The predicted octanol–water partition coefficient (Wildman–Crippen LogP) is 6.51. The molecule has 0 spiro atoms. The number of ketones is 1. The molecular formula is C26H20ClNO3. The van der Waals surface area contributed by atoms with Crippen LogP contribution < -0.4 is 9.47 Å². The molecule has 5 rings (SSSR count). The fraction of sp³-hybridized carbons (Fsp3) is 0.115. The van der Waals surface area contributed by atoms with Crippen molar-refractivity contribution in [3.8, 4) is 11.5 Å². The largest absolute Gasteiger partial charge is 0.489 e. The van der Waals surface area contributed by atoms with E-state index in [0.29, 0.717) is 34.5 Å². The standard InChI is InChI=1S/C26H20ClNO3/c1-2-28-15-18(21-8-3-4-9-23(21)28)13-25-26(29)22-11-10-20(14-24(22)31-25)30-16-17-6-5-7-19(27)12-17/h3-15H,2,16H2,1H3. The number of nitrogens with zero attached hydrogens (tertiary/aromatic N) is 1. The van der Waals surface area contributed by atoms with Crippen LogP contribution in [0.2, 0.25) is 5.02 Å². The topological polar surface area (TPSA) is 40.5 Å². The number of para-hydroxylation sites is 1. The van der Waals surface area contributed by atoms with Gasteiger partial charge in [-0.15, -0.1) is 0 Å². The molecule has 1 aliphatic heterocycles. The fourth-order valence-electron chi connectivity index (χ4n) is 3.84. The highest BCUT2D eigenvalue weighted by Gasteiger charge is 2.28. The summed E-state index contributed by atoms with van der Waals surface area (Å²) in [4.78, 5) is 12.9. The van der Waals surface area contributed by atoms with Crippen LogP contribution in [0.4, 0.5) is 0 Å². The number of hydrogen-bond donors (Lipinski definition) is 0. The summed E-state index contributed by atoms with van der Waals surface area (Å²) >= 11 is 6.03. The number of hydrogen-bond acceptors (Lipinski definition) is 3. The van der Waals surface area contributed by atoms with E-state index in [9.17, 15) is 4.79 Å². The Morgan fingerprint density at radius 3 is 2.77 bits per heavy atom. The lowest BCUT2D eigenvalue weighted by Gasteiger charge is -2.07. The van der Waals surface area contributed by atoms with Gasteiger partial charge in [-0.3, -0.25) is 4.79 Å². The van der Waals surface area contributed by atoms with E-state index < -0.39 is 0 Å². The van der Waals surface area contributed by atoms with E-state index in [4.69, 9.17) is 21.1 Å². The van der Waals surface area contributed by atoms with Crippen LogP contribution in [0.5, 0.6) is 11.5 Å². The maximum atomic E-state index is 12.9. The minimum Gasteiger partial charge on any atom is -0.489 e. The van der Waals surface area contributed by atoms with E-state index in [2.05, 4.69) is 29.8 Å². The molecule has 0 aliphatic carbocycles. The molecule has 1 aliphatic rings. The smallest absolute Gasteiger partial charge is 0.231 e. The third kappa shape index (κ3) is 3.71. The SMILES string of the molecule is CCn1cc(C=C2Oc3cc(OCc4cccc(Cl)c4)ccc3C2=O)c2ccccc21. The van der Waals surface area contributed by atoms with Gasteiger partial charge in [-0.05, 0) is 48.9 Å². The van der Waals surface area contributed by atoms with Gasteiger partial charge in [0.05, 0.1) is 5.56 Å². The minimum atomic E-state index is -0.121. The lowest BCUT2D eigenvalue weighted by Crippen LogP contribution is -1.98. The molecule has 5 heteroatoms. The Morgan fingerprint density at radius 1 is 1.06 bits per heavy atom. The lowest BCUT2D eigenvalue weighted by molar-refractivity contribution is 0.101. The van der Waals surface area contributed by atoms with Crippen LogP contribution in [0.1, 0.15) is 28.4 Å². The van der Waals surface area contributed by atoms with Gasteiger partial charge in [0.1, 0.15) is 18.1 Å². The average molecular weight is 430 g/mol. The molecule has 1 aromatic heterocycles. The molecule has 0 fully saturated rings. The Kier molecular flexibility index (Phi) is 5.00. The molecule has 0 atom stereocenters. The van der Waals surface area contributed by atoms with Crippen molar-refractivity contribution >= 4 is 34.4 Å². The predicted molar refractivity (Wildman–Crippen MR) is 123 cm³/mol. The van der Waals surface area contributed by atoms with Crippen molar-refractivity contribution in [2.24, 2.45) is 0 Å². The number of carbonyl (C=O) groups is 1. The monoisotopic (exact) mass is 429 g/mol. The molecule has 2 heterocycles. The van der Waals surface area contributed by atoms with Crippen molar-refractivity contribution in [2.45, 2.75) is 20.1 Å². The summed E-state index contributed by atoms with van der Waals surface area (Å²) in [6, 6.07) is 21.0. The van der Waals surface area contributed by atoms with Crippen LogP contribution in [-0.2, 0) is 13.2 Å². The molecule has 0 amide bonds. The second-order valence-corrected chi connectivity index (χ2v) is 7.84. The molecule has 3 aromatic carbocycles. The lowest BCUT2D eigenvalue weighted by atomic mass is 10.1. The van der Waals surface area contributed by atoms with Crippen molar-refractivity contribution in [1.82, 2.24) is 4.57 Å². The van der Waals surface area contributed by atoms with Gasteiger partial charge in [-0.25, -0.2) is 0 Å². The quantitative estimate of drug-likeness (QED) is 0.339. The van der Waals surface area contributed by atoms with E-state index in [1.165, 1.54) is 0 Å². The van der Waals surface area contributed by atoms with Gasteiger partial charge in [0.25, 0.3) is 0 Å². The van der Waals surface area contributed by atoms with Crippen molar-refractivity contribution in [3.05, 3.63) is 100 Å². The van der Waals surface area contributed by atoms with E-state index in [0.717, 1.165) is 28.6 Å². The normalized spacial score (nSPS) is 14.1. The second kappa shape index (κ2) is 7.97. The summed E-state index contributed by atoms with van der Waals surface area (Å²) < 4.78 is 14.0. The van der Waals surface area contributed by atoms with Crippen molar-refractivity contribution < 1.29 is 14.3 Å². The van der Waals surface area contributed by atoms with Crippen LogP contribution in [0.3, 0.4) is 0 Å². The van der Waals surface area contributed by atoms with Crippen molar-refractivity contribution in [1.29, 1.82) is 0 Å². The number of aromatic nitrogens is 1. The number of rotatable bonds is 5. The van der Waals surface area contributed by atoms with Crippen LogP contribution in [0, 0.1) is 0 Å². The molecule has 0 radical (unpaired) electrons. The van der Waals surface area contributed by atoms with Crippen molar-refractivity contribution in [3.63, 3.8) is 0 Å². The van der Waals surface area contributed by atoms with E-state index in [1.807, 2.05) is 42.5 Å². The Labute approximate surface area is 185 Å². The molecule has 0 unspecified atom stereocenters. The number of benzene rings is 3. The molecule has 0 bridgehead atoms. The molecule has 0 saturated heterocycles. The first-order valence-corrected chi connectivity index (χ1v) is 10.5. The fourth-order valence-corrected chi connectivity index (χ4v) is 4.06. The van der Waals surface area contributed by atoms with Gasteiger partial charge in [-0.1, -0.05) is 41.9 Å². The average Bonchev–Trinajstić information content (AvgIpc) is 3.30. The second-order valence-electron chi connectivity index (χ2n) is 7.40. The Morgan fingerprint density at radius 2 is 1.94 bits per heavy atom. The zero-order chi connectivity index (χ0) is 21.4. The highest BCUT2D eigenvalue weighted by molar-refractivity contribution is 6.30. The van der Waals surface area contributed by atoms with Gasteiger partial charge >= 0.3 is 0 Å². The third-order valence-electron chi connectivity index (χ3n) is 5.38. The van der Waals surface area contributed by atoms with Gasteiger partial charge in [0.15, 0.2) is 5.76 Å². The molecule has 31 heavy (non-hydrogen) atoms. The zero-order valence-electron chi connectivity index (χ0n) is 17.0. The Bertz CT molecular complexity index is 1340. The van der Waals surface area contributed by atoms with Crippen molar-refractivity contribution in [2.75, 3.05) is 0 Å². The number of halogens is 1. The third-order valence-corrected chi connectivity index (χ3v) is 5.62. The molecule has 4 nitrogen and oxygen atoms in total. The summed E-state index contributed by atoms with van der Waals surface area (Å²) in [6.45, 7) is 3.33. The van der Waals surface area contributed by atoms with Gasteiger partial charge in [0, 0.05) is 40.3 Å². The summed E-state index contributed by atoms with van der Waals surface area (Å²) in [5.74, 6) is 1.35. The van der Waals surface area contributed by atoms with Crippen LogP contribution in [0.25, 0.3) is 17.0 Å². The van der Waals surface area contributed by atoms with E-state index >= 15 is 0 Å². The summed E-state index contributed by atoms with van der Waals surface area (Å²) in [7, 11) is 0. The maximum absolute atomic E-state index is 12.9. The molecule has 4 aromatic rings. The van der Waals surface area contributed by atoms with Gasteiger partial charge < -0.3 is 14.0 Å². The summed E-state index contributed by atoms with van der Waals surface area (Å²) in [6.07, 6.45) is 3.88. The molecule has 0 saturated carbocycles. The summed E-state index contributed by atoms with van der Waals surface area (Å²) in [5.41, 5.74) is 3.61. The first-order valence-electron chi connectivity index (χ1n) is 10.2. The Hall–Kier alpha value is -3.50. The number of carbonyl (C=O) groups excluding carboxylic acids is 1. The minimum absolute atomic E-state index is 0.121. The molecular weight excluding hydrogens is 410 g/mol. The number of allylic oxidation sites excluding steroid dienone is 1. The maximum Gasteiger partial charge on any atom is 0.231 e. The highest BCUT2D eigenvalue weighted by atomic mass is 35.5. The van der Waals surface area contributed by atoms with Crippen LogP contribution in [0.15, 0.2) is 78.7 Å². The van der Waals surface area contributed by atoms with Crippen LogP contribution >= 0.6 is 11.6 Å². The number of fused-ring (bicyclic) bond motifs is 2. The van der Waals surface area contributed by atoms with Crippen LogP contribution in [-0.4, -0.2) is 10.4 Å². The molecule has 154 valence electrons. The first kappa shape index (κ1) is 19.5. The highest BCUT2D eigenvalue weighted by Crippen LogP contribution is 2.36.